The first kappa shape index (κ1) is 16.4. The van der Waals surface area contributed by atoms with Crippen LogP contribution in [0.1, 0.15) is 0 Å². The van der Waals surface area contributed by atoms with Crippen molar-refractivity contribution in [2.75, 3.05) is 40.0 Å². The van der Waals surface area contributed by atoms with Gasteiger partial charge in [0.2, 0.25) is 10.0 Å². The molecule has 2 N–H and O–H groups in total. The maximum atomic E-state index is 13.8. The number of hydrogen-bond donors (Lipinski definition) is 1. The summed E-state index contributed by atoms with van der Waals surface area (Å²) in [7, 11) is 1.20. The number of anilines is 1. The van der Waals surface area contributed by atoms with E-state index in [-0.39, 0.29) is 12.2 Å². The maximum absolute atomic E-state index is 13.8. The summed E-state index contributed by atoms with van der Waals surface area (Å²) in [6.45, 7) is 0.814. The van der Waals surface area contributed by atoms with Crippen molar-refractivity contribution in [3.8, 4) is 0 Å². The fourth-order valence-corrected chi connectivity index (χ4v) is 2.93. The minimum absolute atomic E-state index is 0.181. The monoisotopic (exact) mass is 353 g/mol. The number of nitrogens with two attached hydrogens (primary N) is 1. The molecule has 1 rings (SSSR count). The standard InChI is InChI=1S/C11H17BrFN3O2S/c1-15(2)4-5-16(3)19(17,18)11-7-10(14)8(12)6-9(11)13/h6-7H,4-5,14H2,1-3H3. The van der Waals surface area contributed by atoms with E-state index in [1.54, 1.807) is 0 Å². The topological polar surface area (TPSA) is 66.6 Å². The molecule has 0 aliphatic rings. The van der Waals surface area contributed by atoms with E-state index in [0.29, 0.717) is 11.0 Å². The number of rotatable bonds is 5. The third-order valence-electron chi connectivity index (χ3n) is 2.60. The molecule has 0 radical (unpaired) electrons. The van der Waals surface area contributed by atoms with E-state index in [1.165, 1.54) is 7.05 Å². The van der Waals surface area contributed by atoms with Crippen molar-refractivity contribution in [2.45, 2.75) is 4.90 Å². The largest absolute Gasteiger partial charge is 0.398 e. The summed E-state index contributed by atoms with van der Waals surface area (Å²) in [6.07, 6.45) is 0. The third-order valence-corrected chi connectivity index (χ3v) is 5.16. The van der Waals surface area contributed by atoms with Gasteiger partial charge in [0.25, 0.3) is 0 Å². The van der Waals surface area contributed by atoms with Crippen molar-refractivity contribution in [3.05, 3.63) is 22.4 Å². The van der Waals surface area contributed by atoms with Crippen molar-refractivity contribution >= 4 is 31.6 Å². The lowest BCUT2D eigenvalue weighted by molar-refractivity contribution is 0.357. The summed E-state index contributed by atoms with van der Waals surface area (Å²) in [6, 6.07) is 2.18. The molecule has 0 amide bonds. The highest BCUT2D eigenvalue weighted by Crippen LogP contribution is 2.27. The van der Waals surface area contributed by atoms with Crippen molar-refractivity contribution in [3.63, 3.8) is 0 Å². The summed E-state index contributed by atoms with van der Waals surface area (Å²) < 4.78 is 39.7. The van der Waals surface area contributed by atoms with Crippen LogP contribution in [0.5, 0.6) is 0 Å². The Hall–Kier alpha value is -0.700. The van der Waals surface area contributed by atoms with Gasteiger partial charge in [0, 0.05) is 30.3 Å². The molecular formula is C11H17BrFN3O2S. The Morgan fingerprint density at radius 3 is 2.37 bits per heavy atom. The Bertz CT molecular complexity index is 563. The van der Waals surface area contributed by atoms with E-state index < -0.39 is 20.7 Å². The number of halogens is 2. The van der Waals surface area contributed by atoms with Crippen LogP contribution in [0.3, 0.4) is 0 Å². The first-order valence-electron chi connectivity index (χ1n) is 5.52. The Labute approximate surface area is 121 Å². The van der Waals surface area contributed by atoms with E-state index in [9.17, 15) is 12.8 Å². The Balaban J connectivity index is 3.10. The summed E-state index contributed by atoms with van der Waals surface area (Å²) in [4.78, 5) is 1.44. The van der Waals surface area contributed by atoms with E-state index in [2.05, 4.69) is 15.9 Å². The zero-order valence-electron chi connectivity index (χ0n) is 11.0. The summed E-state index contributed by atoms with van der Waals surface area (Å²) >= 11 is 3.05. The molecule has 0 atom stereocenters. The third kappa shape index (κ3) is 3.88. The molecule has 108 valence electrons. The highest BCUT2D eigenvalue weighted by Gasteiger charge is 2.25. The Kier molecular flexibility index (Phi) is 5.31. The van der Waals surface area contributed by atoms with Crippen LogP contribution in [0.25, 0.3) is 0 Å². The van der Waals surface area contributed by atoms with Gasteiger partial charge >= 0.3 is 0 Å². The second kappa shape index (κ2) is 6.17. The highest BCUT2D eigenvalue weighted by atomic mass is 79.9. The van der Waals surface area contributed by atoms with E-state index in [4.69, 9.17) is 5.73 Å². The van der Waals surface area contributed by atoms with E-state index in [0.717, 1.165) is 16.4 Å². The van der Waals surface area contributed by atoms with Gasteiger partial charge in [0.15, 0.2) is 0 Å². The predicted molar refractivity (Wildman–Crippen MR) is 76.9 cm³/mol. The number of nitrogen functional groups attached to an aromatic ring is 1. The van der Waals surface area contributed by atoms with Gasteiger partial charge in [0.1, 0.15) is 10.7 Å². The maximum Gasteiger partial charge on any atom is 0.245 e. The molecule has 1 aromatic rings. The molecule has 0 heterocycles. The smallest absolute Gasteiger partial charge is 0.245 e. The minimum atomic E-state index is -3.87. The van der Waals surface area contributed by atoms with Crippen molar-refractivity contribution in [2.24, 2.45) is 0 Å². The molecule has 0 fully saturated rings. The zero-order chi connectivity index (χ0) is 14.8. The molecule has 0 saturated heterocycles. The van der Waals surface area contributed by atoms with Crippen LogP contribution in [-0.4, -0.2) is 51.9 Å². The molecule has 0 aliphatic heterocycles. The number of likely N-dealkylation sites (N-methyl/N-ethyl adjacent to an activating group) is 2. The van der Waals surface area contributed by atoms with E-state index >= 15 is 0 Å². The number of benzene rings is 1. The van der Waals surface area contributed by atoms with Gasteiger partial charge in [-0.15, -0.1) is 0 Å². The molecule has 1 aromatic carbocycles. The molecule has 19 heavy (non-hydrogen) atoms. The lowest BCUT2D eigenvalue weighted by Crippen LogP contribution is -2.34. The summed E-state index contributed by atoms with van der Waals surface area (Å²) in [5.41, 5.74) is 5.79. The van der Waals surface area contributed by atoms with Gasteiger partial charge in [-0.2, -0.15) is 4.31 Å². The van der Waals surface area contributed by atoms with Crippen LogP contribution >= 0.6 is 15.9 Å². The van der Waals surface area contributed by atoms with Crippen LogP contribution < -0.4 is 5.73 Å². The average molecular weight is 354 g/mol. The SMILES string of the molecule is CN(C)CCN(C)S(=O)(=O)c1cc(N)c(Br)cc1F. The lowest BCUT2D eigenvalue weighted by Gasteiger charge is -2.20. The van der Waals surface area contributed by atoms with Gasteiger partial charge in [-0.1, -0.05) is 0 Å². The van der Waals surface area contributed by atoms with Gasteiger partial charge in [-0.3, -0.25) is 0 Å². The fraction of sp³-hybridized carbons (Fsp3) is 0.455. The fourth-order valence-electron chi connectivity index (χ4n) is 1.37. The molecule has 0 aromatic heterocycles. The van der Waals surface area contributed by atoms with Crippen molar-refractivity contribution < 1.29 is 12.8 Å². The first-order chi connectivity index (χ1) is 8.66. The predicted octanol–water partition coefficient (Wildman–Crippen LogP) is 1.35. The van der Waals surface area contributed by atoms with Crippen molar-refractivity contribution in [1.29, 1.82) is 0 Å². The molecular weight excluding hydrogens is 337 g/mol. The van der Waals surface area contributed by atoms with E-state index in [1.807, 2.05) is 19.0 Å². The zero-order valence-corrected chi connectivity index (χ0v) is 13.4. The quantitative estimate of drug-likeness (QED) is 0.811. The summed E-state index contributed by atoms with van der Waals surface area (Å²) in [5, 5.41) is 0. The normalized spacial score (nSPS) is 12.4. The first-order valence-corrected chi connectivity index (χ1v) is 7.75. The van der Waals surface area contributed by atoms with Crippen LogP contribution in [0, 0.1) is 5.82 Å². The molecule has 8 heteroatoms. The second-order valence-electron chi connectivity index (χ2n) is 4.43. The average Bonchev–Trinajstić information content (AvgIpc) is 2.30. The van der Waals surface area contributed by atoms with Crippen LogP contribution in [0.2, 0.25) is 0 Å². The molecule has 0 saturated carbocycles. The van der Waals surface area contributed by atoms with Gasteiger partial charge in [-0.25, -0.2) is 12.8 Å². The molecule has 0 bridgehead atoms. The molecule has 0 aliphatic carbocycles. The lowest BCUT2D eigenvalue weighted by atomic mass is 10.3. The van der Waals surface area contributed by atoms with Crippen LogP contribution in [0.4, 0.5) is 10.1 Å². The van der Waals surface area contributed by atoms with Crippen LogP contribution in [0.15, 0.2) is 21.5 Å². The van der Waals surface area contributed by atoms with Crippen molar-refractivity contribution in [1.82, 2.24) is 9.21 Å². The number of nitrogens with zero attached hydrogens (tertiary/aromatic N) is 2. The Morgan fingerprint density at radius 2 is 1.84 bits per heavy atom. The Morgan fingerprint density at radius 1 is 1.26 bits per heavy atom. The number of hydrogen-bond acceptors (Lipinski definition) is 4. The minimum Gasteiger partial charge on any atom is -0.398 e. The van der Waals surface area contributed by atoms with Gasteiger partial charge < -0.3 is 10.6 Å². The molecule has 0 spiro atoms. The van der Waals surface area contributed by atoms with Gasteiger partial charge in [-0.05, 0) is 42.2 Å². The highest BCUT2D eigenvalue weighted by molar-refractivity contribution is 9.10. The molecule has 5 nitrogen and oxygen atoms in total. The summed E-state index contributed by atoms with van der Waals surface area (Å²) in [5.74, 6) is -0.822. The molecule has 0 unspecified atom stereocenters. The van der Waals surface area contributed by atoms with Crippen LogP contribution in [-0.2, 0) is 10.0 Å². The second-order valence-corrected chi connectivity index (χ2v) is 7.30. The number of sulfonamides is 1. The van der Waals surface area contributed by atoms with Gasteiger partial charge in [0.05, 0.1) is 0 Å².